The molecule has 1 aromatic heterocycles. The van der Waals surface area contributed by atoms with Gasteiger partial charge >= 0.3 is 0 Å². The van der Waals surface area contributed by atoms with Crippen LogP contribution in [0.3, 0.4) is 0 Å². The Labute approximate surface area is 222 Å². The van der Waals surface area contributed by atoms with E-state index in [1.54, 1.807) is 6.07 Å². The van der Waals surface area contributed by atoms with Gasteiger partial charge in [-0.2, -0.15) is 0 Å². The molecule has 9 heteroatoms. The Hall–Kier alpha value is -3.46. The molecule has 1 aliphatic carbocycles. The molecule has 0 bridgehead atoms. The maximum Gasteiger partial charge on any atom is 0.262 e. The van der Waals surface area contributed by atoms with Crippen molar-refractivity contribution in [1.29, 1.82) is 0 Å². The Bertz CT molecular complexity index is 1380. The third-order valence-electron chi connectivity index (χ3n) is 7.59. The number of carbonyl (C=O) groups excluding carboxylic acids is 1. The lowest BCUT2D eigenvalue weighted by atomic mass is 9.91. The summed E-state index contributed by atoms with van der Waals surface area (Å²) in [6.45, 7) is 7.51. The molecule has 1 N–H and O–H groups in total. The predicted octanol–water partition coefficient (Wildman–Crippen LogP) is 3.80. The van der Waals surface area contributed by atoms with Crippen molar-refractivity contribution in [1.82, 2.24) is 19.8 Å². The lowest BCUT2D eigenvalue weighted by Crippen LogP contribution is -2.42. The number of benzene rings is 2. The molecule has 202 valence electrons. The summed E-state index contributed by atoms with van der Waals surface area (Å²) in [4.78, 5) is 36.3. The van der Waals surface area contributed by atoms with Crippen LogP contribution in [0.2, 0.25) is 0 Å². The summed E-state index contributed by atoms with van der Waals surface area (Å²) in [5.74, 6) is -0.472. The third kappa shape index (κ3) is 5.38. The van der Waals surface area contributed by atoms with Crippen LogP contribution in [0.4, 0.5) is 10.1 Å². The second-order valence-corrected chi connectivity index (χ2v) is 10.6. The molecule has 1 amide bonds. The topological polar surface area (TPSA) is 79.7 Å². The number of fused-ring (bicyclic) bond motifs is 1. The molecule has 8 nitrogen and oxygen atoms in total. The Morgan fingerprint density at radius 2 is 1.92 bits per heavy atom. The number of anilines is 1. The number of hydrogen-bond donors (Lipinski definition) is 1. The molecule has 2 aromatic carbocycles. The number of carbonyl (C=O) groups is 1. The van der Waals surface area contributed by atoms with Crippen molar-refractivity contribution in [2.75, 3.05) is 38.2 Å². The van der Waals surface area contributed by atoms with Crippen molar-refractivity contribution in [2.45, 2.75) is 58.2 Å². The maximum absolute atomic E-state index is 14.1. The molecule has 2 fully saturated rings. The molecule has 38 heavy (non-hydrogen) atoms. The Kier molecular flexibility index (Phi) is 7.65. The number of nitrogens with zero attached hydrogens (tertiary/aromatic N) is 4. The van der Waals surface area contributed by atoms with Gasteiger partial charge in [0.15, 0.2) is 11.6 Å². The summed E-state index contributed by atoms with van der Waals surface area (Å²) in [5, 5.41) is 3.30. The summed E-state index contributed by atoms with van der Waals surface area (Å²) in [7, 11) is 1.38. The first-order valence-electron chi connectivity index (χ1n) is 13.5. The molecular formula is C29H36FN5O3. The minimum absolute atomic E-state index is 0.0440. The van der Waals surface area contributed by atoms with Crippen LogP contribution in [0.5, 0.6) is 5.75 Å². The van der Waals surface area contributed by atoms with Crippen molar-refractivity contribution in [3.63, 3.8) is 0 Å². The van der Waals surface area contributed by atoms with Crippen molar-refractivity contribution in [2.24, 2.45) is 0 Å². The average Bonchev–Trinajstić information content (AvgIpc) is 3.10. The van der Waals surface area contributed by atoms with Gasteiger partial charge in [0.2, 0.25) is 5.91 Å². The molecule has 1 saturated carbocycles. The fourth-order valence-corrected chi connectivity index (χ4v) is 5.40. The Morgan fingerprint density at radius 1 is 1.11 bits per heavy atom. The van der Waals surface area contributed by atoms with E-state index in [-0.39, 0.29) is 29.8 Å². The van der Waals surface area contributed by atoms with E-state index in [1.807, 2.05) is 32.0 Å². The zero-order valence-electron chi connectivity index (χ0n) is 22.4. The fourth-order valence-electron chi connectivity index (χ4n) is 5.40. The standard InChI is InChI=1S/C29H36FN5O3/c1-19(2)31-27(36)18-35-28(20-8-10-24(30)26(16-20)38-3)32-25-11-9-22(17-23(25)29(35)37)34-13-5-12-33(14-15-34)21-6-4-7-21/h8-11,16-17,19,21H,4-7,12-15,18H2,1-3H3,(H,31,36). The highest BCUT2D eigenvalue weighted by Gasteiger charge is 2.27. The van der Waals surface area contributed by atoms with Gasteiger partial charge in [0.05, 0.1) is 18.0 Å². The van der Waals surface area contributed by atoms with E-state index >= 15 is 0 Å². The van der Waals surface area contributed by atoms with E-state index in [1.165, 1.54) is 43.1 Å². The van der Waals surface area contributed by atoms with Crippen LogP contribution in [0.1, 0.15) is 39.5 Å². The van der Waals surface area contributed by atoms with Gasteiger partial charge in [-0.3, -0.25) is 19.1 Å². The van der Waals surface area contributed by atoms with Crippen molar-refractivity contribution in [3.8, 4) is 17.1 Å². The van der Waals surface area contributed by atoms with E-state index in [2.05, 4.69) is 15.1 Å². The van der Waals surface area contributed by atoms with E-state index in [0.29, 0.717) is 22.3 Å². The molecule has 1 aliphatic heterocycles. The Morgan fingerprint density at radius 3 is 2.63 bits per heavy atom. The fraction of sp³-hybridized carbons (Fsp3) is 0.483. The highest BCUT2D eigenvalue weighted by atomic mass is 19.1. The van der Waals surface area contributed by atoms with Crippen LogP contribution in [0, 0.1) is 5.82 Å². The second-order valence-electron chi connectivity index (χ2n) is 10.6. The van der Waals surface area contributed by atoms with Gasteiger partial charge in [-0.05, 0) is 69.5 Å². The van der Waals surface area contributed by atoms with Gasteiger partial charge in [0, 0.05) is 49.5 Å². The molecule has 2 aliphatic rings. The number of hydrogen-bond acceptors (Lipinski definition) is 6. The van der Waals surface area contributed by atoms with Crippen LogP contribution in [0.15, 0.2) is 41.2 Å². The van der Waals surface area contributed by atoms with E-state index in [0.717, 1.165) is 44.3 Å². The third-order valence-corrected chi connectivity index (χ3v) is 7.59. The van der Waals surface area contributed by atoms with E-state index in [9.17, 15) is 14.0 Å². The van der Waals surface area contributed by atoms with Crippen molar-refractivity contribution in [3.05, 3.63) is 52.6 Å². The second kappa shape index (κ2) is 11.1. The smallest absolute Gasteiger partial charge is 0.262 e. The van der Waals surface area contributed by atoms with Crippen LogP contribution in [-0.2, 0) is 11.3 Å². The van der Waals surface area contributed by atoms with Gasteiger partial charge < -0.3 is 15.0 Å². The largest absolute Gasteiger partial charge is 0.494 e. The normalized spacial score (nSPS) is 16.9. The lowest BCUT2D eigenvalue weighted by Gasteiger charge is -2.36. The number of ether oxygens (including phenoxy) is 1. The molecule has 1 saturated heterocycles. The predicted molar refractivity (Wildman–Crippen MR) is 147 cm³/mol. The summed E-state index contributed by atoms with van der Waals surface area (Å²) in [6.07, 6.45) is 5.01. The van der Waals surface area contributed by atoms with Gasteiger partial charge in [0.1, 0.15) is 12.4 Å². The first kappa shape index (κ1) is 26.2. The minimum Gasteiger partial charge on any atom is -0.494 e. The van der Waals surface area contributed by atoms with Crippen LogP contribution in [0.25, 0.3) is 22.3 Å². The number of rotatable bonds is 7. The first-order valence-corrected chi connectivity index (χ1v) is 13.5. The molecule has 5 rings (SSSR count). The molecule has 0 radical (unpaired) electrons. The monoisotopic (exact) mass is 521 g/mol. The van der Waals surface area contributed by atoms with Gasteiger partial charge in [-0.25, -0.2) is 9.37 Å². The number of nitrogens with one attached hydrogen (secondary N) is 1. The molecule has 0 spiro atoms. The quantitative estimate of drug-likeness (QED) is 0.510. The zero-order valence-corrected chi connectivity index (χ0v) is 22.4. The van der Waals surface area contributed by atoms with Gasteiger partial charge in [-0.1, -0.05) is 6.42 Å². The highest BCUT2D eigenvalue weighted by Crippen LogP contribution is 2.29. The summed E-state index contributed by atoms with van der Waals surface area (Å²) in [5.41, 5.74) is 1.71. The number of halogens is 1. The molecular weight excluding hydrogens is 485 g/mol. The summed E-state index contributed by atoms with van der Waals surface area (Å²) < 4.78 is 20.6. The zero-order chi connectivity index (χ0) is 26.8. The van der Waals surface area contributed by atoms with Crippen LogP contribution >= 0.6 is 0 Å². The summed E-state index contributed by atoms with van der Waals surface area (Å²) >= 11 is 0. The van der Waals surface area contributed by atoms with E-state index in [4.69, 9.17) is 9.72 Å². The summed E-state index contributed by atoms with van der Waals surface area (Å²) in [6, 6.07) is 10.7. The van der Waals surface area contributed by atoms with Crippen LogP contribution < -0.4 is 20.5 Å². The van der Waals surface area contributed by atoms with Crippen molar-refractivity contribution < 1.29 is 13.9 Å². The average molecular weight is 522 g/mol. The number of amides is 1. The van der Waals surface area contributed by atoms with Gasteiger partial charge in [-0.15, -0.1) is 0 Å². The highest BCUT2D eigenvalue weighted by molar-refractivity contribution is 5.84. The molecule has 2 heterocycles. The molecule has 0 atom stereocenters. The van der Waals surface area contributed by atoms with E-state index < -0.39 is 5.82 Å². The lowest BCUT2D eigenvalue weighted by molar-refractivity contribution is -0.122. The van der Waals surface area contributed by atoms with Gasteiger partial charge in [0.25, 0.3) is 5.56 Å². The van der Waals surface area contributed by atoms with Crippen molar-refractivity contribution >= 4 is 22.5 Å². The number of aromatic nitrogens is 2. The SMILES string of the molecule is COc1cc(-c2nc3ccc(N4CCCN(C5CCC5)CC4)cc3c(=O)n2CC(=O)NC(C)C)ccc1F. The first-order chi connectivity index (χ1) is 18.3. The van der Waals surface area contributed by atoms with Crippen LogP contribution in [-0.4, -0.2) is 65.7 Å². The maximum atomic E-state index is 14.1. The number of methoxy groups -OCH3 is 1. The molecule has 3 aromatic rings. The minimum atomic E-state index is -0.513. The Balaban J connectivity index is 1.53. The molecule has 0 unspecified atom stereocenters.